The van der Waals surface area contributed by atoms with Crippen LogP contribution >= 0.6 is 11.6 Å². The van der Waals surface area contributed by atoms with Crippen LogP contribution in [0.3, 0.4) is 0 Å². The number of sulfonamides is 1. The predicted molar refractivity (Wildman–Crippen MR) is 53.8 cm³/mol. The van der Waals surface area contributed by atoms with Gasteiger partial charge in [0.1, 0.15) is 6.07 Å². The summed E-state index contributed by atoms with van der Waals surface area (Å²) >= 11 is 5.59. The zero-order valence-electron chi connectivity index (χ0n) is 7.97. The van der Waals surface area contributed by atoms with E-state index in [0.29, 0.717) is 23.7 Å². The highest BCUT2D eigenvalue weighted by Crippen LogP contribution is 2.70. The van der Waals surface area contributed by atoms with Crippen molar-refractivity contribution in [2.75, 3.05) is 6.07 Å². The molecular weight excluding hydrogens is 238 g/mol. The molecule has 3 aliphatic carbocycles. The van der Waals surface area contributed by atoms with Gasteiger partial charge in [0, 0.05) is 0 Å². The molecule has 0 aromatic heterocycles. The second-order valence-corrected chi connectivity index (χ2v) is 7.20. The van der Waals surface area contributed by atoms with Crippen molar-refractivity contribution >= 4 is 21.6 Å². The van der Waals surface area contributed by atoms with E-state index in [1.54, 1.807) is 0 Å². The maximum Gasteiger partial charge on any atom is 0.215 e. The van der Waals surface area contributed by atoms with Crippen LogP contribution < -0.4 is 4.72 Å². The monoisotopic (exact) mass is 249 g/mol. The van der Waals surface area contributed by atoms with Crippen LogP contribution in [-0.2, 0) is 14.8 Å². The van der Waals surface area contributed by atoms with Crippen molar-refractivity contribution in [3.05, 3.63) is 0 Å². The lowest BCUT2D eigenvalue weighted by atomic mass is 9.93. The molecule has 1 aliphatic heterocycles. The second-order valence-electron chi connectivity index (χ2n) is 5.11. The third-order valence-corrected chi connectivity index (χ3v) is 6.82. The van der Waals surface area contributed by atoms with Gasteiger partial charge in [0.2, 0.25) is 10.0 Å². The standard InChI is InChI=1S/C9H12ClNO3S/c10-2-14-8-4-1-3-5-6(4)9(5)15(12,13)11-7(3)8/h3-9,11H,1-2H2. The van der Waals surface area contributed by atoms with Crippen molar-refractivity contribution in [1.82, 2.24) is 4.72 Å². The number of hydrogen-bond acceptors (Lipinski definition) is 3. The minimum atomic E-state index is -3.05. The quantitative estimate of drug-likeness (QED) is 0.708. The summed E-state index contributed by atoms with van der Waals surface area (Å²) in [6.45, 7) is 0. The van der Waals surface area contributed by atoms with Crippen LogP contribution in [0.2, 0.25) is 0 Å². The summed E-state index contributed by atoms with van der Waals surface area (Å²) in [7, 11) is -3.05. The van der Waals surface area contributed by atoms with Crippen LogP contribution in [-0.4, -0.2) is 31.9 Å². The number of hydrogen-bond donors (Lipinski definition) is 1. The SMILES string of the molecule is O=S1(=O)NC2C3CC(C2OCCl)C2C3C21. The topological polar surface area (TPSA) is 55.4 Å². The van der Waals surface area contributed by atoms with E-state index in [0.717, 1.165) is 6.42 Å². The van der Waals surface area contributed by atoms with Crippen molar-refractivity contribution < 1.29 is 13.2 Å². The molecule has 1 N–H and O–H groups in total. The average Bonchev–Trinajstić information content (AvgIpc) is 2.74. The first kappa shape index (κ1) is 9.22. The summed E-state index contributed by atoms with van der Waals surface area (Å²) in [6.07, 6.45) is 1.15. The van der Waals surface area contributed by atoms with Gasteiger partial charge in [-0.05, 0) is 30.1 Å². The van der Waals surface area contributed by atoms with Crippen molar-refractivity contribution in [3.63, 3.8) is 0 Å². The Kier molecular flexibility index (Phi) is 1.55. The molecule has 4 nitrogen and oxygen atoms in total. The first-order chi connectivity index (χ1) is 7.15. The molecule has 15 heavy (non-hydrogen) atoms. The Labute approximate surface area is 93.4 Å². The van der Waals surface area contributed by atoms with E-state index in [1.807, 2.05) is 0 Å². The van der Waals surface area contributed by atoms with Crippen molar-refractivity contribution in [3.8, 4) is 0 Å². The Morgan fingerprint density at radius 2 is 2.07 bits per heavy atom. The molecule has 0 aromatic carbocycles. The van der Waals surface area contributed by atoms with Gasteiger partial charge in [-0.2, -0.15) is 0 Å². The fourth-order valence-electron chi connectivity index (χ4n) is 4.40. The Balaban J connectivity index is 1.76. The fourth-order valence-corrected chi connectivity index (χ4v) is 6.89. The van der Waals surface area contributed by atoms with Crippen LogP contribution in [0, 0.1) is 23.7 Å². The van der Waals surface area contributed by atoms with Crippen LogP contribution in [0.15, 0.2) is 0 Å². The molecule has 7 unspecified atom stereocenters. The van der Waals surface area contributed by atoms with Gasteiger partial charge in [0.15, 0.2) is 0 Å². The van der Waals surface area contributed by atoms with Crippen molar-refractivity contribution in [2.24, 2.45) is 23.7 Å². The van der Waals surface area contributed by atoms with Gasteiger partial charge in [0.25, 0.3) is 0 Å². The summed E-state index contributed by atoms with van der Waals surface area (Å²) < 4.78 is 31.9. The summed E-state index contributed by atoms with van der Waals surface area (Å²) in [5.41, 5.74) is 0. The molecule has 1 heterocycles. The number of rotatable bonds is 2. The fraction of sp³-hybridized carbons (Fsp3) is 1.00. The minimum Gasteiger partial charge on any atom is -0.361 e. The Hall–Kier alpha value is 0.160. The Morgan fingerprint density at radius 3 is 2.80 bits per heavy atom. The number of nitrogens with one attached hydrogen (secondary N) is 1. The first-order valence-corrected chi connectivity index (χ1v) is 7.42. The molecule has 0 radical (unpaired) electrons. The van der Waals surface area contributed by atoms with Gasteiger partial charge in [0.05, 0.1) is 17.4 Å². The smallest absolute Gasteiger partial charge is 0.215 e. The number of alkyl halides is 1. The molecule has 6 heteroatoms. The van der Waals surface area contributed by atoms with Gasteiger partial charge < -0.3 is 4.74 Å². The number of halogens is 1. The van der Waals surface area contributed by atoms with Gasteiger partial charge in [-0.3, -0.25) is 0 Å². The highest BCUT2D eigenvalue weighted by molar-refractivity contribution is 7.90. The van der Waals surface area contributed by atoms with Gasteiger partial charge in [-0.15, -0.1) is 0 Å². The molecule has 0 amide bonds. The molecule has 2 bridgehead atoms. The largest absolute Gasteiger partial charge is 0.361 e. The molecule has 7 atom stereocenters. The van der Waals surface area contributed by atoms with E-state index >= 15 is 0 Å². The van der Waals surface area contributed by atoms with Crippen LogP contribution in [0.5, 0.6) is 0 Å². The van der Waals surface area contributed by atoms with Crippen LogP contribution in [0.4, 0.5) is 0 Å². The van der Waals surface area contributed by atoms with Gasteiger partial charge >= 0.3 is 0 Å². The van der Waals surface area contributed by atoms with E-state index in [-0.39, 0.29) is 23.5 Å². The van der Waals surface area contributed by atoms with Crippen LogP contribution in [0.25, 0.3) is 0 Å². The predicted octanol–water partition coefficient (Wildman–Crippen LogP) is 0.134. The molecule has 84 valence electrons. The van der Waals surface area contributed by atoms with Gasteiger partial charge in [-0.1, -0.05) is 11.6 Å². The molecule has 4 rings (SSSR count). The summed E-state index contributed by atoms with van der Waals surface area (Å²) in [6, 6.07) is 0.160. The number of fused-ring (bicyclic) bond motifs is 3. The minimum absolute atomic E-state index is 0.00116. The maximum atomic E-state index is 11.8. The third kappa shape index (κ3) is 0.903. The van der Waals surface area contributed by atoms with Crippen molar-refractivity contribution in [2.45, 2.75) is 23.8 Å². The molecule has 0 aromatic rings. The molecule has 4 aliphatic rings. The van der Waals surface area contributed by atoms with E-state index in [4.69, 9.17) is 16.3 Å². The highest BCUT2D eigenvalue weighted by atomic mass is 35.5. The van der Waals surface area contributed by atoms with E-state index < -0.39 is 10.0 Å². The summed E-state index contributed by atoms with van der Waals surface area (Å²) in [5.74, 6) is 1.74. The first-order valence-electron chi connectivity index (χ1n) is 5.34. The van der Waals surface area contributed by atoms with E-state index in [1.165, 1.54) is 0 Å². The lowest BCUT2D eigenvalue weighted by molar-refractivity contribution is 0.0233. The summed E-state index contributed by atoms with van der Waals surface area (Å²) in [5, 5.41) is -0.110. The van der Waals surface area contributed by atoms with Crippen molar-refractivity contribution in [1.29, 1.82) is 0 Å². The molecule has 4 fully saturated rings. The average molecular weight is 250 g/mol. The molecule has 3 saturated carbocycles. The molecule has 0 spiro atoms. The summed E-state index contributed by atoms with van der Waals surface area (Å²) in [4.78, 5) is 0. The number of ether oxygens (including phenoxy) is 1. The zero-order valence-corrected chi connectivity index (χ0v) is 9.54. The Morgan fingerprint density at radius 1 is 1.33 bits per heavy atom. The lowest BCUT2D eigenvalue weighted by Crippen LogP contribution is -2.51. The third-order valence-electron chi connectivity index (χ3n) is 4.75. The lowest BCUT2D eigenvalue weighted by Gasteiger charge is -2.31. The van der Waals surface area contributed by atoms with Crippen LogP contribution in [0.1, 0.15) is 6.42 Å². The van der Waals surface area contributed by atoms with E-state index in [2.05, 4.69) is 4.72 Å². The maximum absolute atomic E-state index is 11.8. The van der Waals surface area contributed by atoms with E-state index in [9.17, 15) is 8.42 Å². The molecule has 1 saturated heterocycles. The molecular formula is C9H12ClNO3S. The normalized spacial score (nSPS) is 62.1. The second kappa shape index (κ2) is 2.53. The zero-order chi connectivity index (χ0) is 10.4. The Bertz CT molecular complexity index is 425. The highest BCUT2D eigenvalue weighted by Gasteiger charge is 2.78. The van der Waals surface area contributed by atoms with Gasteiger partial charge in [-0.25, -0.2) is 13.1 Å².